The van der Waals surface area contributed by atoms with Crippen molar-refractivity contribution in [1.29, 1.82) is 0 Å². The van der Waals surface area contributed by atoms with Crippen molar-refractivity contribution in [2.75, 3.05) is 0 Å². The highest BCUT2D eigenvalue weighted by Crippen LogP contribution is 2.44. The Kier molecular flexibility index (Phi) is 5.33. The zero-order chi connectivity index (χ0) is 21.4. The number of rotatable bonds is 4. The predicted molar refractivity (Wildman–Crippen MR) is 128 cm³/mol. The van der Waals surface area contributed by atoms with Crippen LogP contribution in [0.5, 0.6) is 5.75 Å². The molecule has 4 rings (SSSR count). The van der Waals surface area contributed by atoms with Crippen LogP contribution in [0.15, 0.2) is 78.9 Å². The van der Waals surface area contributed by atoms with Crippen LogP contribution >= 0.6 is 0 Å². The van der Waals surface area contributed by atoms with E-state index in [9.17, 15) is 0 Å². The van der Waals surface area contributed by atoms with Crippen LogP contribution in [0.25, 0.3) is 11.8 Å². The van der Waals surface area contributed by atoms with Crippen LogP contribution in [0.1, 0.15) is 49.1 Å². The second-order valence-corrected chi connectivity index (χ2v) is 14.1. The summed E-state index contributed by atoms with van der Waals surface area (Å²) < 4.78 is 13.4. The largest absolute Gasteiger partial charge is 0.543 e. The molecule has 3 aromatic rings. The van der Waals surface area contributed by atoms with E-state index in [-0.39, 0.29) is 11.1 Å². The molecule has 154 valence electrons. The lowest BCUT2D eigenvalue weighted by Gasteiger charge is -2.38. The van der Waals surface area contributed by atoms with Crippen molar-refractivity contribution in [2.45, 2.75) is 45.0 Å². The van der Waals surface area contributed by atoms with Crippen molar-refractivity contribution < 1.29 is 9.16 Å². The van der Waals surface area contributed by atoms with Gasteiger partial charge in [0.2, 0.25) is 8.32 Å². The topological polar surface area (TPSA) is 18.5 Å². The first-order valence-electron chi connectivity index (χ1n) is 10.6. The monoisotopic (exact) mass is 414 g/mol. The van der Waals surface area contributed by atoms with Gasteiger partial charge >= 0.3 is 0 Å². The fraction of sp³-hybridized carbons (Fsp3) is 0.259. The van der Waals surface area contributed by atoms with E-state index in [4.69, 9.17) is 9.16 Å². The maximum Gasteiger partial charge on any atom is 0.250 e. The summed E-state index contributed by atoms with van der Waals surface area (Å²) in [6.07, 6.45) is 1.93. The molecule has 0 radical (unpaired) electrons. The lowest BCUT2D eigenvalue weighted by atomic mass is 9.93. The number of para-hydroxylation sites is 1. The number of benzene rings is 3. The third-order valence-corrected chi connectivity index (χ3v) is 10.6. The van der Waals surface area contributed by atoms with Gasteiger partial charge in [0.25, 0.3) is 0 Å². The predicted octanol–water partition coefficient (Wildman–Crippen LogP) is 7.69. The average Bonchev–Trinajstić information content (AvgIpc) is 2.73. The zero-order valence-corrected chi connectivity index (χ0v) is 19.5. The highest BCUT2D eigenvalue weighted by atomic mass is 28.4. The van der Waals surface area contributed by atoms with Crippen molar-refractivity contribution in [3.05, 3.63) is 101 Å². The molecule has 0 N–H and O–H groups in total. The molecular formula is C27H30O2Si. The molecule has 0 aromatic heterocycles. The van der Waals surface area contributed by atoms with Gasteiger partial charge in [0, 0.05) is 16.7 Å². The van der Waals surface area contributed by atoms with Gasteiger partial charge in [-0.25, -0.2) is 0 Å². The molecule has 3 aromatic carbocycles. The Labute approximate surface area is 181 Å². The second kappa shape index (κ2) is 7.80. The molecule has 3 heteroatoms. The summed E-state index contributed by atoms with van der Waals surface area (Å²) in [4.78, 5) is 0. The fourth-order valence-corrected chi connectivity index (χ4v) is 4.49. The van der Waals surface area contributed by atoms with Crippen LogP contribution in [0.3, 0.4) is 0 Å². The van der Waals surface area contributed by atoms with E-state index in [1.165, 1.54) is 11.1 Å². The fourth-order valence-electron chi connectivity index (χ4n) is 3.45. The number of fused-ring (bicyclic) bond motifs is 1. The molecule has 1 aliphatic heterocycles. The van der Waals surface area contributed by atoms with Crippen LogP contribution < -0.4 is 4.43 Å². The van der Waals surface area contributed by atoms with Crippen molar-refractivity contribution in [3.63, 3.8) is 0 Å². The zero-order valence-electron chi connectivity index (χ0n) is 18.5. The smallest absolute Gasteiger partial charge is 0.250 e. The van der Waals surface area contributed by atoms with E-state index in [2.05, 4.69) is 101 Å². The minimum Gasteiger partial charge on any atom is -0.543 e. The van der Waals surface area contributed by atoms with Gasteiger partial charge in [-0.3, -0.25) is 0 Å². The quantitative estimate of drug-likeness (QED) is 0.407. The maximum atomic E-state index is 6.75. The first-order chi connectivity index (χ1) is 14.3. The molecule has 1 aliphatic rings. The SMILES string of the molecule is CC(C)(C)[Si](C)(C)Oc1ccccc1[C@@H]1OC(c2ccccc2)=Cc2ccccc21. The van der Waals surface area contributed by atoms with E-state index in [0.717, 1.165) is 22.6 Å². The number of hydrogen-bond acceptors (Lipinski definition) is 2. The molecule has 0 amide bonds. The van der Waals surface area contributed by atoms with Crippen LogP contribution in [-0.4, -0.2) is 8.32 Å². The molecule has 0 saturated heterocycles. The Morgan fingerprint density at radius 2 is 1.37 bits per heavy atom. The first kappa shape index (κ1) is 20.5. The minimum absolute atomic E-state index is 0.126. The maximum absolute atomic E-state index is 6.75. The molecule has 0 aliphatic carbocycles. The number of hydrogen-bond donors (Lipinski definition) is 0. The van der Waals surface area contributed by atoms with Crippen LogP contribution in [0.2, 0.25) is 18.1 Å². The summed E-state index contributed by atoms with van der Waals surface area (Å²) >= 11 is 0. The highest BCUT2D eigenvalue weighted by Gasteiger charge is 2.40. The third kappa shape index (κ3) is 3.95. The molecule has 1 atom stereocenters. The lowest BCUT2D eigenvalue weighted by Crippen LogP contribution is -2.44. The van der Waals surface area contributed by atoms with Gasteiger partial charge in [-0.15, -0.1) is 0 Å². The van der Waals surface area contributed by atoms with Gasteiger partial charge in [-0.2, -0.15) is 0 Å². The minimum atomic E-state index is -1.98. The van der Waals surface area contributed by atoms with Crippen LogP contribution in [0, 0.1) is 0 Å². The summed E-state index contributed by atoms with van der Waals surface area (Å²) in [6.45, 7) is 11.4. The van der Waals surface area contributed by atoms with E-state index >= 15 is 0 Å². The molecule has 0 unspecified atom stereocenters. The summed E-state index contributed by atoms with van der Waals surface area (Å²) in [5.74, 6) is 1.82. The Hall–Kier alpha value is -2.78. The van der Waals surface area contributed by atoms with Gasteiger partial charge in [0.15, 0.2) is 6.10 Å². The Balaban J connectivity index is 1.79. The van der Waals surface area contributed by atoms with E-state index < -0.39 is 8.32 Å². The highest BCUT2D eigenvalue weighted by molar-refractivity contribution is 6.74. The van der Waals surface area contributed by atoms with Crippen molar-refractivity contribution in [1.82, 2.24) is 0 Å². The molecule has 1 heterocycles. The van der Waals surface area contributed by atoms with E-state index in [1.807, 2.05) is 18.2 Å². The molecule has 30 heavy (non-hydrogen) atoms. The standard InChI is InChI=1S/C27H30O2Si/c1-27(2,3)30(4,5)29-24-18-12-11-17-23(24)26-22-16-10-9-15-21(22)19-25(28-26)20-13-7-6-8-14-20/h6-19,26H,1-5H3/t26-/m1/s1. The first-order valence-corrected chi connectivity index (χ1v) is 13.5. The molecule has 0 bridgehead atoms. The molecular weight excluding hydrogens is 384 g/mol. The summed E-state index contributed by atoms with van der Waals surface area (Å²) in [5, 5.41) is 0.126. The van der Waals surface area contributed by atoms with Gasteiger partial charge in [-0.1, -0.05) is 93.6 Å². The number of ether oxygens (including phenoxy) is 1. The van der Waals surface area contributed by atoms with E-state index in [0.29, 0.717) is 0 Å². The lowest BCUT2D eigenvalue weighted by molar-refractivity contribution is 0.203. The molecule has 0 fully saturated rings. The Bertz CT molecular complexity index is 1060. The van der Waals surface area contributed by atoms with Crippen molar-refractivity contribution in [3.8, 4) is 5.75 Å². The van der Waals surface area contributed by atoms with Gasteiger partial charge in [-0.05, 0) is 35.8 Å². The van der Waals surface area contributed by atoms with Crippen molar-refractivity contribution >= 4 is 20.2 Å². The summed E-state index contributed by atoms with van der Waals surface area (Å²) in [6, 6.07) is 27.1. The van der Waals surface area contributed by atoms with Gasteiger partial charge in [0.1, 0.15) is 11.5 Å². The second-order valence-electron chi connectivity index (χ2n) is 9.40. The summed E-state index contributed by atoms with van der Waals surface area (Å²) in [7, 11) is -1.98. The van der Waals surface area contributed by atoms with Crippen LogP contribution in [0.4, 0.5) is 0 Å². The average molecular weight is 415 g/mol. The van der Waals surface area contributed by atoms with Crippen molar-refractivity contribution in [2.24, 2.45) is 0 Å². The van der Waals surface area contributed by atoms with Gasteiger partial charge < -0.3 is 9.16 Å². The molecule has 0 saturated carbocycles. The Morgan fingerprint density at radius 3 is 2.07 bits per heavy atom. The normalized spacial score (nSPS) is 16.3. The molecule has 2 nitrogen and oxygen atoms in total. The Morgan fingerprint density at radius 1 is 0.767 bits per heavy atom. The van der Waals surface area contributed by atoms with Gasteiger partial charge in [0.05, 0.1) is 0 Å². The third-order valence-electron chi connectivity index (χ3n) is 6.24. The van der Waals surface area contributed by atoms with Crippen LogP contribution in [-0.2, 0) is 4.74 Å². The molecule has 0 spiro atoms. The summed E-state index contributed by atoms with van der Waals surface area (Å²) in [5.41, 5.74) is 4.52. The van der Waals surface area contributed by atoms with E-state index in [1.54, 1.807) is 0 Å².